The Bertz CT molecular complexity index is 420. The quantitative estimate of drug-likeness (QED) is 0.761. The number of benzene rings is 1. The van der Waals surface area contributed by atoms with Crippen LogP contribution in [0.5, 0.6) is 0 Å². The van der Waals surface area contributed by atoms with E-state index in [1.807, 2.05) is 0 Å². The standard InChI is InChI=1S/C12H13ClF3NO/c1-2-5-17(8-12(14,15)16)11-4-3-10(13)6-9(11)7-18/h3-4,6-7H,2,5,8H2,1H3. The van der Waals surface area contributed by atoms with Crippen LogP contribution in [0.1, 0.15) is 23.7 Å². The minimum Gasteiger partial charge on any atom is -0.362 e. The van der Waals surface area contributed by atoms with Crippen LogP contribution in [0, 0.1) is 0 Å². The highest BCUT2D eigenvalue weighted by molar-refractivity contribution is 6.31. The summed E-state index contributed by atoms with van der Waals surface area (Å²) in [6, 6.07) is 4.28. The maximum Gasteiger partial charge on any atom is 0.405 e. The average Bonchev–Trinajstić information content (AvgIpc) is 2.26. The highest BCUT2D eigenvalue weighted by Gasteiger charge is 2.31. The summed E-state index contributed by atoms with van der Waals surface area (Å²) >= 11 is 5.71. The molecule has 100 valence electrons. The lowest BCUT2D eigenvalue weighted by Crippen LogP contribution is -2.35. The normalized spacial score (nSPS) is 11.4. The third-order valence-electron chi connectivity index (χ3n) is 2.32. The molecule has 0 aliphatic carbocycles. The fourth-order valence-corrected chi connectivity index (χ4v) is 1.86. The zero-order valence-electron chi connectivity index (χ0n) is 9.80. The Morgan fingerprint density at radius 3 is 2.56 bits per heavy atom. The molecule has 0 aliphatic heterocycles. The van der Waals surface area contributed by atoms with Crippen LogP contribution in [-0.4, -0.2) is 25.6 Å². The molecular weight excluding hydrogens is 267 g/mol. The smallest absolute Gasteiger partial charge is 0.362 e. The SMILES string of the molecule is CCCN(CC(F)(F)F)c1ccc(Cl)cc1C=O. The first kappa shape index (κ1) is 14.8. The van der Waals surface area contributed by atoms with Crippen LogP contribution in [0.25, 0.3) is 0 Å². The van der Waals surface area contributed by atoms with Crippen molar-refractivity contribution in [2.24, 2.45) is 0 Å². The maximum atomic E-state index is 12.5. The van der Waals surface area contributed by atoms with E-state index in [0.29, 0.717) is 17.7 Å². The summed E-state index contributed by atoms with van der Waals surface area (Å²) in [4.78, 5) is 12.0. The Labute approximate surface area is 108 Å². The number of nitrogens with zero attached hydrogens (tertiary/aromatic N) is 1. The molecule has 18 heavy (non-hydrogen) atoms. The van der Waals surface area contributed by atoms with Gasteiger partial charge in [-0.25, -0.2) is 0 Å². The number of alkyl halides is 3. The first-order valence-electron chi connectivity index (χ1n) is 5.44. The molecule has 0 unspecified atom stereocenters. The van der Waals surface area contributed by atoms with E-state index in [1.165, 1.54) is 18.2 Å². The lowest BCUT2D eigenvalue weighted by Gasteiger charge is -2.26. The van der Waals surface area contributed by atoms with Gasteiger partial charge in [-0.05, 0) is 24.6 Å². The third-order valence-corrected chi connectivity index (χ3v) is 2.56. The molecule has 0 heterocycles. The van der Waals surface area contributed by atoms with Gasteiger partial charge in [0.05, 0.1) is 0 Å². The number of rotatable bonds is 5. The molecule has 0 radical (unpaired) electrons. The molecule has 0 saturated heterocycles. The lowest BCUT2D eigenvalue weighted by molar-refractivity contribution is -0.119. The molecule has 0 spiro atoms. The largest absolute Gasteiger partial charge is 0.405 e. The first-order valence-corrected chi connectivity index (χ1v) is 5.81. The fourth-order valence-electron chi connectivity index (χ4n) is 1.68. The van der Waals surface area contributed by atoms with Gasteiger partial charge in [0, 0.05) is 22.8 Å². The van der Waals surface area contributed by atoms with Crippen molar-refractivity contribution in [2.75, 3.05) is 18.0 Å². The minimum absolute atomic E-state index is 0.167. The van der Waals surface area contributed by atoms with Crippen molar-refractivity contribution in [1.29, 1.82) is 0 Å². The minimum atomic E-state index is -4.31. The Morgan fingerprint density at radius 1 is 1.39 bits per heavy atom. The Kier molecular flexibility index (Phi) is 5.02. The number of carbonyl (C=O) groups excluding carboxylic acids is 1. The Hall–Kier alpha value is -1.23. The van der Waals surface area contributed by atoms with E-state index < -0.39 is 12.7 Å². The van der Waals surface area contributed by atoms with Crippen LogP contribution in [0.3, 0.4) is 0 Å². The van der Waals surface area contributed by atoms with Gasteiger partial charge in [-0.15, -0.1) is 0 Å². The second-order valence-corrected chi connectivity index (χ2v) is 4.29. The molecule has 0 N–H and O–H groups in total. The number of carbonyl (C=O) groups is 1. The molecule has 2 nitrogen and oxygen atoms in total. The second-order valence-electron chi connectivity index (χ2n) is 3.86. The molecule has 0 atom stereocenters. The molecule has 0 fully saturated rings. The van der Waals surface area contributed by atoms with Gasteiger partial charge in [0.2, 0.25) is 0 Å². The van der Waals surface area contributed by atoms with E-state index in [1.54, 1.807) is 6.92 Å². The molecule has 0 aromatic heterocycles. The van der Waals surface area contributed by atoms with Crippen molar-refractivity contribution in [3.8, 4) is 0 Å². The lowest BCUT2D eigenvalue weighted by atomic mass is 10.1. The number of hydrogen-bond donors (Lipinski definition) is 0. The summed E-state index contributed by atoms with van der Waals surface area (Å²) in [5.74, 6) is 0. The van der Waals surface area contributed by atoms with E-state index >= 15 is 0 Å². The first-order chi connectivity index (χ1) is 8.37. The van der Waals surface area contributed by atoms with Gasteiger partial charge in [-0.1, -0.05) is 18.5 Å². The van der Waals surface area contributed by atoms with E-state index in [-0.39, 0.29) is 17.8 Å². The van der Waals surface area contributed by atoms with Crippen molar-refractivity contribution in [3.05, 3.63) is 28.8 Å². The summed E-state index contributed by atoms with van der Waals surface area (Å²) in [7, 11) is 0. The van der Waals surface area contributed by atoms with Gasteiger partial charge < -0.3 is 4.90 Å². The van der Waals surface area contributed by atoms with Gasteiger partial charge in [0.1, 0.15) is 6.54 Å². The fraction of sp³-hybridized carbons (Fsp3) is 0.417. The second kappa shape index (κ2) is 6.09. The molecule has 1 rings (SSSR count). The van der Waals surface area contributed by atoms with Crippen LogP contribution in [-0.2, 0) is 0 Å². The Balaban J connectivity index is 3.08. The maximum absolute atomic E-state index is 12.5. The molecule has 0 saturated carbocycles. The molecule has 0 bridgehead atoms. The summed E-state index contributed by atoms with van der Waals surface area (Å²) in [6.45, 7) is 0.922. The third kappa shape index (κ3) is 4.22. The van der Waals surface area contributed by atoms with Crippen molar-refractivity contribution in [2.45, 2.75) is 19.5 Å². The predicted octanol–water partition coefficient (Wildman–Crippen LogP) is 3.93. The highest BCUT2D eigenvalue weighted by atomic mass is 35.5. The van der Waals surface area contributed by atoms with Crippen molar-refractivity contribution >= 4 is 23.6 Å². The zero-order chi connectivity index (χ0) is 13.8. The van der Waals surface area contributed by atoms with Crippen LogP contribution < -0.4 is 4.90 Å². The molecule has 6 heteroatoms. The average molecular weight is 280 g/mol. The van der Waals surface area contributed by atoms with Crippen molar-refractivity contribution in [3.63, 3.8) is 0 Å². The number of halogens is 4. The molecule has 1 aromatic carbocycles. The van der Waals surface area contributed by atoms with Gasteiger partial charge in [0.25, 0.3) is 0 Å². The number of anilines is 1. The van der Waals surface area contributed by atoms with E-state index in [9.17, 15) is 18.0 Å². The predicted molar refractivity (Wildman–Crippen MR) is 65.4 cm³/mol. The van der Waals surface area contributed by atoms with Crippen LogP contribution >= 0.6 is 11.6 Å². The summed E-state index contributed by atoms with van der Waals surface area (Å²) < 4.78 is 37.4. The van der Waals surface area contributed by atoms with E-state index in [2.05, 4.69) is 0 Å². The van der Waals surface area contributed by atoms with E-state index in [0.717, 1.165) is 4.90 Å². The highest BCUT2D eigenvalue weighted by Crippen LogP contribution is 2.27. The van der Waals surface area contributed by atoms with Crippen LogP contribution in [0.2, 0.25) is 5.02 Å². The summed E-state index contributed by atoms with van der Waals surface area (Å²) in [5, 5.41) is 0.323. The molecular formula is C12H13ClF3NO. The molecule has 0 amide bonds. The van der Waals surface area contributed by atoms with Gasteiger partial charge >= 0.3 is 6.18 Å². The molecule has 1 aromatic rings. The zero-order valence-corrected chi connectivity index (χ0v) is 10.6. The molecule has 0 aliphatic rings. The van der Waals surface area contributed by atoms with Crippen molar-refractivity contribution in [1.82, 2.24) is 0 Å². The number of hydrogen-bond acceptors (Lipinski definition) is 2. The number of aldehydes is 1. The topological polar surface area (TPSA) is 20.3 Å². The van der Waals surface area contributed by atoms with Crippen LogP contribution in [0.4, 0.5) is 18.9 Å². The van der Waals surface area contributed by atoms with Gasteiger partial charge in [-0.2, -0.15) is 13.2 Å². The van der Waals surface area contributed by atoms with Crippen LogP contribution in [0.15, 0.2) is 18.2 Å². The van der Waals surface area contributed by atoms with Crippen molar-refractivity contribution < 1.29 is 18.0 Å². The summed E-state index contributed by atoms with van der Waals surface area (Å²) in [5.41, 5.74) is 0.425. The van der Waals surface area contributed by atoms with Gasteiger partial charge in [0.15, 0.2) is 6.29 Å². The van der Waals surface area contributed by atoms with E-state index in [4.69, 9.17) is 11.6 Å². The summed E-state index contributed by atoms with van der Waals surface area (Å²) in [6.07, 6.45) is -3.24. The Morgan fingerprint density at radius 2 is 2.06 bits per heavy atom. The van der Waals surface area contributed by atoms with Gasteiger partial charge in [-0.3, -0.25) is 4.79 Å². The monoisotopic (exact) mass is 279 g/mol.